The van der Waals surface area contributed by atoms with Crippen molar-refractivity contribution in [3.8, 4) is 0 Å². The van der Waals surface area contributed by atoms with Crippen molar-refractivity contribution in [3.05, 3.63) is 0 Å². The minimum atomic E-state index is -0.408. The maximum Gasteiger partial charge on any atom is 0.0479 e. The lowest BCUT2D eigenvalue weighted by Crippen LogP contribution is -2.31. The number of aliphatic hydroxyl groups is 3. The van der Waals surface area contributed by atoms with Gasteiger partial charge in [-0.3, -0.25) is 0 Å². The molecule has 3 N–H and O–H groups in total. The van der Waals surface area contributed by atoms with Crippen LogP contribution in [0.25, 0.3) is 0 Å². The van der Waals surface area contributed by atoms with Crippen LogP contribution in [-0.2, 0) is 0 Å². The first kappa shape index (κ1) is 10.1. The molecule has 1 unspecified atom stereocenters. The highest BCUT2D eigenvalue weighted by Gasteiger charge is 2.28. The Bertz CT molecular complexity index is 93.0. The fraction of sp³-hybridized carbons (Fsp3) is 1.00. The first-order valence-electron chi connectivity index (χ1n) is 3.43. The summed E-state index contributed by atoms with van der Waals surface area (Å²) in [6.45, 7) is 1.80. The molecule has 0 amide bonds. The molecule has 0 aromatic heterocycles. The lowest BCUT2D eigenvalue weighted by Gasteiger charge is -2.30. The van der Waals surface area contributed by atoms with E-state index in [1.54, 1.807) is 0 Å². The molecule has 0 spiro atoms. The molecule has 1 atom stereocenters. The fourth-order valence-electron chi connectivity index (χ4n) is 0.582. The van der Waals surface area contributed by atoms with Crippen LogP contribution in [-0.4, -0.2) is 45.4 Å². The van der Waals surface area contributed by atoms with Crippen LogP contribution in [0.3, 0.4) is 0 Å². The Kier molecular flexibility index (Phi) is 4.11. The molecule has 0 fully saturated rings. The first-order valence-corrected chi connectivity index (χ1v) is 4.43. The Labute approximate surface area is 64.1 Å². The van der Waals surface area contributed by atoms with Gasteiger partial charge in [0.05, 0.1) is 0 Å². The average molecular weight is 164 g/mol. The zero-order valence-corrected chi connectivity index (χ0v) is 8.54. The van der Waals surface area contributed by atoms with Crippen LogP contribution in [0.4, 0.5) is 0 Å². The van der Waals surface area contributed by atoms with Crippen LogP contribution in [0.2, 0.25) is 5.04 Å². The van der Waals surface area contributed by atoms with Crippen molar-refractivity contribution in [2.75, 3.05) is 19.8 Å². The normalized spacial score (nSPS) is 15.6. The average Bonchev–Trinajstić information content (AvgIpc) is 2.01. The maximum absolute atomic E-state index is 8.85. The Balaban J connectivity index is 4.02. The van der Waals surface area contributed by atoms with E-state index >= 15 is 0 Å². The Hall–Kier alpha value is 0.0969. The van der Waals surface area contributed by atoms with Crippen LogP contribution in [0.15, 0.2) is 0 Å². The van der Waals surface area contributed by atoms with Gasteiger partial charge >= 0.3 is 0 Å². The lowest BCUT2D eigenvalue weighted by atomic mass is 9.95. The second-order valence-electron chi connectivity index (χ2n) is 3.05. The summed E-state index contributed by atoms with van der Waals surface area (Å²) in [4.78, 5) is 0. The summed E-state index contributed by atoms with van der Waals surface area (Å²) in [6.07, 6.45) is 0. The molecular weight excluding hydrogens is 148 g/mol. The molecule has 10 heavy (non-hydrogen) atoms. The Morgan fingerprint density at radius 3 is 1.80 bits per heavy atom. The topological polar surface area (TPSA) is 60.7 Å². The summed E-state index contributed by atoms with van der Waals surface area (Å²) in [6, 6.07) is 0. The van der Waals surface area contributed by atoms with Gasteiger partial charge < -0.3 is 15.3 Å². The van der Waals surface area contributed by atoms with Crippen molar-refractivity contribution in [1.82, 2.24) is 0 Å². The summed E-state index contributed by atoms with van der Waals surface area (Å²) in [5.74, 6) is -0.00540. The summed E-state index contributed by atoms with van der Waals surface area (Å²) >= 11 is 0. The van der Waals surface area contributed by atoms with Gasteiger partial charge in [0, 0.05) is 35.1 Å². The van der Waals surface area contributed by atoms with Crippen molar-refractivity contribution < 1.29 is 15.3 Å². The van der Waals surface area contributed by atoms with E-state index in [2.05, 4.69) is 0 Å². The summed E-state index contributed by atoms with van der Waals surface area (Å²) in [5, 5.41) is 26.0. The van der Waals surface area contributed by atoms with Crippen LogP contribution in [0, 0.1) is 5.92 Å². The van der Waals surface area contributed by atoms with Crippen molar-refractivity contribution in [2.24, 2.45) is 5.92 Å². The van der Waals surface area contributed by atoms with Gasteiger partial charge in [0.2, 0.25) is 0 Å². The highest BCUT2D eigenvalue weighted by Crippen LogP contribution is 2.29. The van der Waals surface area contributed by atoms with Crippen molar-refractivity contribution in [2.45, 2.75) is 12.0 Å². The third-order valence-electron chi connectivity index (χ3n) is 2.19. The molecule has 4 heteroatoms. The molecule has 0 aliphatic carbocycles. The van der Waals surface area contributed by atoms with Gasteiger partial charge in [-0.25, -0.2) is 0 Å². The van der Waals surface area contributed by atoms with Crippen LogP contribution in [0.5, 0.6) is 0 Å². The fourth-order valence-corrected chi connectivity index (χ4v) is 0.765. The first-order chi connectivity index (χ1) is 4.60. The standard InChI is InChI=1S/C6H16O3Si/c1-5(2-7)6(10,3-8)4-9/h5,7-9H,2-4H2,1,10H3. The second-order valence-corrected chi connectivity index (χ2v) is 5.05. The largest absolute Gasteiger partial charge is 0.396 e. The molecule has 0 bridgehead atoms. The zero-order valence-electron chi connectivity index (χ0n) is 6.54. The maximum atomic E-state index is 8.85. The molecule has 62 valence electrons. The van der Waals surface area contributed by atoms with Crippen LogP contribution >= 0.6 is 0 Å². The molecule has 0 saturated carbocycles. The third-order valence-corrected chi connectivity index (χ3v) is 3.80. The molecular formula is C6H16O3Si. The van der Waals surface area contributed by atoms with Crippen molar-refractivity contribution in [1.29, 1.82) is 0 Å². The molecule has 0 saturated heterocycles. The monoisotopic (exact) mass is 164 g/mol. The molecule has 0 heterocycles. The van der Waals surface area contributed by atoms with E-state index in [0.717, 1.165) is 0 Å². The second kappa shape index (κ2) is 4.08. The van der Waals surface area contributed by atoms with Gasteiger partial charge in [-0.05, 0) is 5.92 Å². The lowest BCUT2D eigenvalue weighted by molar-refractivity contribution is 0.0947. The minimum absolute atomic E-state index is 0.00540. The summed E-state index contributed by atoms with van der Waals surface area (Å²) < 4.78 is 0. The SMILES string of the molecule is CC(CO)C([SiH3])(CO)CO. The molecule has 0 aliphatic heterocycles. The predicted molar refractivity (Wildman–Crippen MR) is 43.1 cm³/mol. The smallest absolute Gasteiger partial charge is 0.0479 e. The number of hydrogen-bond acceptors (Lipinski definition) is 3. The third kappa shape index (κ3) is 2.05. The molecule has 0 aromatic rings. The Morgan fingerprint density at radius 1 is 1.30 bits per heavy atom. The zero-order chi connectivity index (χ0) is 8.20. The number of rotatable bonds is 4. The van der Waals surface area contributed by atoms with Crippen molar-refractivity contribution in [3.63, 3.8) is 0 Å². The van der Waals surface area contributed by atoms with E-state index in [1.165, 1.54) is 0 Å². The quantitative estimate of drug-likeness (QED) is 0.426. The van der Waals surface area contributed by atoms with Gasteiger partial charge in [0.15, 0.2) is 0 Å². The van der Waals surface area contributed by atoms with Gasteiger partial charge in [-0.2, -0.15) is 0 Å². The van der Waals surface area contributed by atoms with Gasteiger partial charge in [-0.1, -0.05) is 6.92 Å². The summed E-state index contributed by atoms with van der Waals surface area (Å²) in [5.41, 5.74) is 0. The minimum Gasteiger partial charge on any atom is -0.396 e. The highest BCUT2D eigenvalue weighted by molar-refractivity contribution is 6.15. The summed E-state index contributed by atoms with van der Waals surface area (Å²) in [7, 11) is 0.703. The van der Waals surface area contributed by atoms with Gasteiger partial charge in [-0.15, -0.1) is 0 Å². The highest BCUT2D eigenvalue weighted by atomic mass is 28.1. The van der Waals surface area contributed by atoms with Crippen LogP contribution in [0.1, 0.15) is 6.92 Å². The van der Waals surface area contributed by atoms with Gasteiger partial charge in [0.1, 0.15) is 0 Å². The molecule has 0 aromatic carbocycles. The van der Waals surface area contributed by atoms with E-state index in [0.29, 0.717) is 10.2 Å². The Morgan fingerprint density at radius 2 is 1.70 bits per heavy atom. The van der Waals surface area contributed by atoms with E-state index in [4.69, 9.17) is 15.3 Å². The van der Waals surface area contributed by atoms with E-state index < -0.39 is 5.04 Å². The van der Waals surface area contributed by atoms with E-state index in [9.17, 15) is 0 Å². The predicted octanol–water partition coefficient (Wildman–Crippen LogP) is -1.88. The van der Waals surface area contributed by atoms with Crippen LogP contribution < -0.4 is 0 Å². The van der Waals surface area contributed by atoms with E-state index in [1.807, 2.05) is 6.92 Å². The van der Waals surface area contributed by atoms with Gasteiger partial charge in [0.25, 0.3) is 0 Å². The molecule has 0 radical (unpaired) electrons. The molecule has 0 rings (SSSR count). The number of aliphatic hydroxyl groups excluding tert-OH is 3. The number of hydrogen-bond donors (Lipinski definition) is 3. The van der Waals surface area contributed by atoms with E-state index in [-0.39, 0.29) is 25.7 Å². The van der Waals surface area contributed by atoms with Crippen molar-refractivity contribution >= 4 is 10.2 Å². The molecule has 3 nitrogen and oxygen atoms in total. The molecule has 0 aliphatic rings.